The van der Waals surface area contributed by atoms with E-state index >= 15 is 0 Å². The average Bonchev–Trinajstić information content (AvgIpc) is 2.75. The van der Waals surface area contributed by atoms with Crippen LogP contribution in [0.3, 0.4) is 0 Å². The molecule has 2 N–H and O–H groups in total. The van der Waals surface area contributed by atoms with E-state index in [4.69, 9.17) is 11.6 Å². The topological polar surface area (TPSA) is 101 Å². The third-order valence-corrected chi connectivity index (χ3v) is 3.25. The molecule has 0 amide bonds. The van der Waals surface area contributed by atoms with Crippen LogP contribution >= 0.6 is 11.6 Å². The number of aromatic amines is 1. The number of aromatic nitrogens is 4. The Morgan fingerprint density at radius 2 is 2.06 bits per heavy atom. The molecule has 0 fully saturated rings. The first-order valence-corrected chi connectivity index (χ1v) is 5.94. The second-order valence-electron chi connectivity index (χ2n) is 2.74. The molecule has 0 atom stereocenters. The van der Waals surface area contributed by atoms with Gasteiger partial charge in [0.1, 0.15) is 4.90 Å². The molecule has 2 aromatic heterocycles. The Morgan fingerprint density at radius 1 is 1.31 bits per heavy atom. The first kappa shape index (κ1) is 10.8. The van der Waals surface area contributed by atoms with Gasteiger partial charge in [0, 0.05) is 18.6 Å². The fourth-order valence-corrected chi connectivity index (χ4v) is 2.09. The maximum Gasteiger partial charge on any atom is 0.266 e. The monoisotopic (exact) mass is 259 g/mol. The fourth-order valence-electron chi connectivity index (χ4n) is 0.962. The van der Waals surface area contributed by atoms with Gasteiger partial charge in [-0.2, -0.15) is 5.10 Å². The molecule has 0 radical (unpaired) electrons. The van der Waals surface area contributed by atoms with Gasteiger partial charge in [-0.05, 0) is 0 Å². The zero-order valence-electron chi connectivity index (χ0n) is 7.75. The third-order valence-electron chi connectivity index (χ3n) is 1.67. The van der Waals surface area contributed by atoms with Crippen LogP contribution in [0, 0.1) is 0 Å². The van der Waals surface area contributed by atoms with Crippen LogP contribution in [0.15, 0.2) is 29.7 Å². The first-order valence-electron chi connectivity index (χ1n) is 4.08. The van der Waals surface area contributed by atoms with Gasteiger partial charge in [-0.3, -0.25) is 9.82 Å². The summed E-state index contributed by atoms with van der Waals surface area (Å²) in [6, 6.07) is 0. The molecule has 0 bridgehead atoms. The molecule has 2 aromatic rings. The molecule has 0 aliphatic rings. The summed E-state index contributed by atoms with van der Waals surface area (Å²) in [7, 11) is -3.72. The van der Waals surface area contributed by atoms with Gasteiger partial charge in [0.2, 0.25) is 0 Å². The average molecular weight is 260 g/mol. The number of anilines is 1. The van der Waals surface area contributed by atoms with Crippen LogP contribution in [-0.2, 0) is 10.0 Å². The standard InChI is InChI=1S/C7H6ClN5O2S/c8-6-7(10-2-1-9-6)13-16(14,15)5-3-11-12-4-5/h1-4H,(H,10,13)(H,11,12). The molecule has 2 heterocycles. The van der Waals surface area contributed by atoms with Gasteiger partial charge in [-0.25, -0.2) is 18.4 Å². The summed E-state index contributed by atoms with van der Waals surface area (Å²) < 4.78 is 25.6. The van der Waals surface area contributed by atoms with Crippen LogP contribution in [-0.4, -0.2) is 28.6 Å². The van der Waals surface area contributed by atoms with Gasteiger partial charge in [-0.1, -0.05) is 11.6 Å². The molecule has 0 spiro atoms. The number of rotatable bonds is 3. The van der Waals surface area contributed by atoms with Crippen LogP contribution in [0.25, 0.3) is 0 Å². The molecule has 0 unspecified atom stereocenters. The zero-order chi connectivity index (χ0) is 11.6. The summed E-state index contributed by atoms with van der Waals surface area (Å²) in [6.45, 7) is 0. The van der Waals surface area contributed by atoms with Crippen molar-refractivity contribution in [1.29, 1.82) is 0 Å². The Balaban J connectivity index is 2.33. The number of H-pyrrole nitrogens is 1. The van der Waals surface area contributed by atoms with Crippen molar-refractivity contribution in [2.75, 3.05) is 4.72 Å². The number of hydrogen-bond acceptors (Lipinski definition) is 5. The van der Waals surface area contributed by atoms with Crippen molar-refractivity contribution in [3.05, 3.63) is 29.9 Å². The summed E-state index contributed by atoms with van der Waals surface area (Å²) in [5.41, 5.74) is 0. The predicted octanol–water partition coefficient (Wildman–Crippen LogP) is 0.654. The van der Waals surface area contributed by atoms with Crippen molar-refractivity contribution in [1.82, 2.24) is 20.2 Å². The van der Waals surface area contributed by atoms with Crippen molar-refractivity contribution < 1.29 is 8.42 Å². The minimum absolute atomic E-state index is 0.00535. The lowest BCUT2D eigenvalue weighted by Crippen LogP contribution is -2.13. The van der Waals surface area contributed by atoms with Crippen LogP contribution in [0.1, 0.15) is 0 Å². The van der Waals surface area contributed by atoms with E-state index in [0.29, 0.717) is 0 Å². The smallest absolute Gasteiger partial charge is 0.266 e. The number of hydrogen-bond donors (Lipinski definition) is 2. The summed E-state index contributed by atoms with van der Waals surface area (Å²) in [5, 5.41) is 5.92. The summed E-state index contributed by atoms with van der Waals surface area (Å²) in [5.74, 6) is -0.0228. The SMILES string of the molecule is O=S(=O)(Nc1nccnc1Cl)c1cn[nH]c1. The van der Waals surface area contributed by atoms with Crippen LogP contribution in [0.4, 0.5) is 5.82 Å². The Hall–Kier alpha value is -1.67. The highest BCUT2D eigenvalue weighted by Gasteiger charge is 2.17. The summed E-state index contributed by atoms with van der Waals surface area (Å²) >= 11 is 5.67. The number of halogens is 1. The first-order chi connectivity index (χ1) is 7.59. The van der Waals surface area contributed by atoms with Crippen molar-refractivity contribution in [2.24, 2.45) is 0 Å². The minimum atomic E-state index is -3.72. The molecular weight excluding hydrogens is 254 g/mol. The molecule has 0 saturated heterocycles. The lowest BCUT2D eigenvalue weighted by atomic mass is 10.7. The molecule has 7 nitrogen and oxygen atoms in total. The van der Waals surface area contributed by atoms with Gasteiger partial charge in [-0.15, -0.1) is 0 Å². The van der Waals surface area contributed by atoms with E-state index in [1.165, 1.54) is 24.8 Å². The van der Waals surface area contributed by atoms with Crippen LogP contribution < -0.4 is 4.72 Å². The Morgan fingerprint density at radius 3 is 2.69 bits per heavy atom. The molecule has 0 aliphatic heterocycles. The van der Waals surface area contributed by atoms with Gasteiger partial charge < -0.3 is 0 Å². The highest BCUT2D eigenvalue weighted by Crippen LogP contribution is 2.18. The largest absolute Gasteiger partial charge is 0.284 e. The lowest BCUT2D eigenvalue weighted by Gasteiger charge is -2.05. The molecule has 9 heteroatoms. The highest BCUT2D eigenvalue weighted by molar-refractivity contribution is 7.92. The minimum Gasteiger partial charge on any atom is -0.284 e. The Kier molecular flexibility index (Phi) is 2.75. The van der Waals surface area contributed by atoms with Crippen molar-refractivity contribution in [3.63, 3.8) is 0 Å². The zero-order valence-corrected chi connectivity index (χ0v) is 9.33. The molecule has 16 heavy (non-hydrogen) atoms. The van der Waals surface area contributed by atoms with E-state index in [0.717, 1.165) is 0 Å². The molecule has 2 rings (SSSR count). The molecule has 0 saturated carbocycles. The molecule has 0 aromatic carbocycles. The molecular formula is C7H6ClN5O2S. The van der Waals surface area contributed by atoms with E-state index in [-0.39, 0.29) is 15.9 Å². The number of sulfonamides is 1. The quantitative estimate of drug-likeness (QED) is 0.843. The van der Waals surface area contributed by atoms with Crippen molar-refractivity contribution in [3.8, 4) is 0 Å². The van der Waals surface area contributed by atoms with Crippen LogP contribution in [0.5, 0.6) is 0 Å². The second-order valence-corrected chi connectivity index (χ2v) is 4.78. The number of nitrogens with one attached hydrogen (secondary N) is 2. The number of nitrogens with zero attached hydrogens (tertiary/aromatic N) is 3. The lowest BCUT2D eigenvalue weighted by molar-refractivity contribution is 0.601. The molecule has 84 valence electrons. The maximum absolute atomic E-state index is 11.7. The predicted molar refractivity (Wildman–Crippen MR) is 56.4 cm³/mol. The van der Waals surface area contributed by atoms with E-state index in [9.17, 15) is 8.42 Å². The van der Waals surface area contributed by atoms with Gasteiger partial charge >= 0.3 is 0 Å². The summed E-state index contributed by atoms with van der Waals surface area (Å²) in [4.78, 5) is 7.45. The van der Waals surface area contributed by atoms with E-state index in [1.54, 1.807) is 0 Å². The van der Waals surface area contributed by atoms with E-state index in [1.807, 2.05) is 0 Å². The van der Waals surface area contributed by atoms with Crippen molar-refractivity contribution >= 4 is 27.4 Å². The molecule has 0 aliphatic carbocycles. The van der Waals surface area contributed by atoms with Gasteiger partial charge in [0.05, 0.1) is 6.20 Å². The highest BCUT2D eigenvalue weighted by atomic mass is 35.5. The van der Waals surface area contributed by atoms with Crippen molar-refractivity contribution in [2.45, 2.75) is 4.90 Å². The fraction of sp³-hybridized carbons (Fsp3) is 0. The van der Waals surface area contributed by atoms with E-state index in [2.05, 4.69) is 24.9 Å². The van der Waals surface area contributed by atoms with Crippen LogP contribution in [0.2, 0.25) is 5.15 Å². The normalized spacial score (nSPS) is 11.3. The van der Waals surface area contributed by atoms with Gasteiger partial charge in [0.25, 0.3) is 10.0 Å². The summed E-state index contributed by atoms with van der Waals surface area (Å²) in [6.07, 6.45) is 5.11. The Bertz CT molecular complexity index is 583. The Labute approximate surface area is 95.9 Å². The second kappa shape index (κ2) is 4.06. The van der Waals surface area contributed by atoms with Gasteiger partial charge in [0.15, 0.2) is 11.0 Å². The van der Waals surface area contributed by atoms with E-state index < -0.39 is 10.0 Å². The maximum atomic E-state index is 11.7. The third kappa shape index (κ3) is 2.12.